The van der Waals surface area contributed by atoms with Crippen LogP contribution in [0.3, 0.4) is 0 Å². The van der Waals surface area contributed by atoms with Crippen LogP contribution >= 0.6 is 0 Å². The number of carboxylic acid groups (broad SMARTS) is 1. The van der Waals surface area contributed by atoms with Gasteiger partial charge >= 0.3 is 5.97 Å². The zero-order chi connectivity index (χ0) is 19.4. The molecule has 7 heteroatoms. The number of likely N-dealkylation sites (tertiary alicyclic amines) is 2. The molecule has 2 saturated heterocycles. The van der Waals surface area contributed by atoms with E-state index in [9.17, 15) is 24.2 Å². The summed E-state index contributed by atoms with van der Waals surface area (Å²) in [6.45, 7) is 2.33. The zero-order valence-corrected chi connectivity index (χ0v) is 15.4. The van der Waals surface area contributed by atoms with Gasteiger partial charge in [0.25, 0.3) is 0 Å². The molecule has 0 radical (unpaired) electrons. The topological polar surface area (TPSA) is 81.1 Å². The Morgan fingerprint density at radius 1 is 1.19 bits per heavy atom. The average Bonchev–Trinajstić information content (AvgIpc) is 2.64. The van der Waals surface area contributed by atoms with Crippen LogP contribution in [0.1, 0.15) is 31.2 Å². The molecule has 2 aliphatic rings. The number of piperidine rings is 2. The Bertz CT molecular complexity index is 692. The van der Waals surface area contributed by atoms with Crippen molar-refractivity contribution in [1.82, 2.24) is 9.80 Å². The van der Waals surface area contributed by atoms with Crippen molar-refractivity contribution in [3.8, 4) is 0 Å². The third-order valence-corrected chi connectivity index (χ3v) is 5.78. The summed E-state index contributed by atoms with van der Waals surface area (Å²) in [5.41, 5.74) is -1.02. The number of hydrogen-bond donors (Lipinski definition) is 2. The number of aliphatic hydroxyl groups excluding tert-OH is 1. The van der Waals surface area contributed by atoms with E-state index in [0.29, 0.717) is 12.1 Å². The lowest BCUT2D eigenvalue weighted by atomic mass is 9.72. The number of hydrogen-bond acceptors (Lipinski definition) is 4. The van der Waals surface area contributed by atoms with E-state index in [4.69, 9.17) is 0 Å². The summed E-state index contributed by atoms with van der Waals surface area (Å²) >= 11 is 0. The van der Waals surface area contributed by atoms with Crippen LogP contribution in [0, 0.1) is 11.2 Å². The second kappa shape index (κ2) is 8.35. The van der Waals surface area contributed by atoms with Gasteiger partial charge in [0.05, 0.1) is 12.6 Å². The predicted octanol–water partition coefficient (Wildman–Crippen LogP) is 1.52. The van der Waals surface area contributed by atoms with Crippen molar-refractivity contribution in [1.29, 1.82) is 0 Å². The number of aliphatic carboxylic acids is 1. The minimum Gasteiger partial charge on any atom is -0.481 e. The largest absolute Gasteiger partial charge is 0.481 e. The molecule has 2 aliphatic heterocycles. The monoisotopic (exact) mass is 378 g/mol. The van der Waals surface area contributed by atoms with Crippen LogP contribution in [0.5, 0.6) is 0 Å². The predicted molar refractivity (Wildman–Crippen MR) is 97.7 cm³/mol. The molecule has 148 valence electrons. The average molecular weight is 378 g/mol. The number of carbonyl (C=O) groups excluding carboxylic acids is 1. The van der Waals surface area contributed by atoms with Crippen LogP contribution in [0.4, 0.5) is 4.39 Å². The summed E-state index contributed by atoms with van der Waals surface area (Å²) in [5, 5.41) is 20.4. The van der Waals surface area contributed by atoms with E-state index in [1.807, 2.05) is 0 Å². The van der Waals surface area contributed by atoms with Gasteiger partial charge in [-0.25, -0.2) is 4.39 Å². The van der Waals surface area contributed by atoms with Crippen LogP contribution in [-0.4, -0.2) is 70.7 Å². The molecule has 1 aromatic rings. The van der Waals surface area contributed by atoms with Crippen LogP contribution in [0.2, 0.25) is 0 Å². The highest BCUT2D eigenvalue weighted by Crippen LogP contribution is 2.35. The van der Waals surface area contributed by atoms with E-state index in [-0.39, 0.29) is 31.8 Å². The second-order valence-corrected chi connectivity index (χ2v) is 7.72. The van der Waals surface area contributed by atoms with Gasteiger partial charge in [-0.2, -0.15) is 0 Å². The van der Waals surface area contributed by atoms with Gasteiger partial charge in [-0.3, -0.25) is 14.5 Å². The fraction of sp³-hybridized carbons (Fsp3) is 0.600. The number of carbonyl (C=O) groups is 2. The fourth-order valence-corrected chi connectivity index (χ4v) is 4.17. The molecular formula is C20H27FN2O4. The standard InChI is InChI=1S/C20H27FN2O4/c21-16-6-4-5-15(11-16)12-20(19(26)27)14-23(10-7-17(20)24)18(25)13-22-8-2-1-3-9-22/h4-6,11,17,24H,1-3,7-10,12-14H2,(H,26,27)/t17-,20+/m0/s1. The molecule has 0 aliphatic carbocycles. The van der Waals surface area contributed by atoms with Gasteiger partial charge in [-0.15, -0.1) is 0 Å². The minimum absolute atomic E-state index is 0.0191. The molecule has 0 unspecified atom stereocenters. The van der Waals surface area contributed by atoms with Crippen LogP contribution in [0.15, 0.2) is 24.3 Å². The molecule has 27 heavy (non-hydrogen) atoms. The third-order valence-electron chi connectivity index (χ3n) is 5.78. The first-order valence-corrected chi connectivity index (χ1v) is 9.57. The van der Waals surface area contributed by atoms with E-state index in [0.717, 1.165) is 25.9 Å². The van der Waals surface area contributed by atoms with Crippen molar-refractivity contribution in [2.24, 2.45) is 5.41 Å². The van der Waals surface area contributed by atoms with Crippen molar-refractivity contribution in [3.63, 3.8) is 0 Å². The Kier molecular flexibility index (Phi) is 6.11. The number of halogens is 1. The lowest BCUT2D eigenvalue weighted by Gasteiger charge is -2.44. The molecule has 0 bridgehead atoms. The summed E-state index contributed by atoms with van der Waals surface area (Å²) in [7, 11) is 0. The molecule has 0 saturated carbocycles. The van der Waals surface area contributed by atoms with Crippen LogP contribution in [-0.2, 0) is 16.0 Å². The van der Waals surface area contributed by atoms with Gasteiger partial charge < -0.3 is 15.1 Å². The highest BCUT2D eigenvalue weighted by atomic mass is 19.1. The Morgan fingerprint density at radius 3 is 2.59 bits per heavy atom. The Labute approximate surface area is 158 Å². The highest BCUT2D eigenvalue weighted by Gasteiger charge is 2.50. The van der Waals surface area contributed by atoms with E-state index < -0.39 is 23.3 Å². The molecule has 2 atom stereocenters. The smallest absolute Gasteiger partial charge is 0.314 e. The van der Waals surface area contributed by atoms with Gasteiger partial charge in [0.2, 0.25) is 5.91 Å². The van der Waals surface area contributed by atoms with Crippen LogP contribution in [0.25, 0.3) is 0 Å². The number of benzene rings is 1. The second-order valence-electron chi connectivity index (χ2n) is 7.72. The maximum Gasteiger partial charge on any atom is 0.314 e. The summed E-state index contributed by atoms with van der Waals surface area (Å²) in [6.07, 6.45) is 2.42. The van der Waals surface area contributed by atoms with E-state index >= 15 is 0 Å². The van der Waals surface area contributed by atoms with Crippen molar-refractivity contribution in [2.75, 3.05) is 32.7 Å². The molecule has 2 heterocycles. The first-order valence-electron chi connectivity index (χ1n) is 9.57. The fourth-order valence-electron chi connectivity index (χ4n) is 4.17. The molecule has 2 fully saturated rings. The summed E-state index contributed by atoms with van der Waals surface area (Å²) < 4.78 is 13.5. The number of amides is 1. The Balaban J connectivity index is 1.75. The van der Waals surface area contributed by atoms with Crippen molar-refractivity contribution in [2.45, 2.75) is 38.2 Å². The quantitative estimate of drug-likeness (QED) is 0.812. The molecule has 3 rings (SSSR count). The van der Waals surface area contributed by atoms with Crippen LogP contribution < -0.4 is 0 Å². The molecule has 2 N–H and O–H groups in total. The van der Waals surface area contributed by atoms with Crippen molar-refractivity contribution < 1.29 is 24.2 Å². The number of nitrogens with zero attached hydrogens (tertiary/aromatic N) is 2. The number of aliphatic hydroxyl groups is 1. The van der Waals surface area contributed by atoms with Gasteiger partial charge in [-0.1, -0.05) is 18.6 Å². The Morgan fingerprint density at radius 2 is 1.93 bits per heavy atom. The van der Waals surface area contributed by atoms with Gasteiger partial charge in [0.15, 0.2) is 0 Å². The minimum atomic E-state index is -1.52. The number of carboxylic acids is 1. The highest BCUT2D eigenvalue weighted by molar-refractivity contribution is 5.81. The lowest BCUT2D eigenvalue weighted by Crippen LogP contribution is -2.59. The molecule has 1 aromatic carbocycles. The van der Waals surface area contributed by atoms with E-state index in [1.54, 1.807) is 11.0 Å². The third kappa shape index (κ3) is 4.47. The first-order chi connectivity index (χ1) is 12.9. The van der Waals surface area contributed by atoms with Gasteiger partial charge in [0.1, 0.15) is 11.2 Å². The molecular weight excluding hydrogens is 351 g/mol. The lowest BCUT2D eigenvalue weighted by molar-refractivity contribution is -0.166. The summed E-state index contributed by atoms with van der Waals surface area (Å²) in [5.74, 6) is -1.71. The van der Waals surface area contributed by atoms with E-state index in [2.05, 4.69) is 4.90 Å². The van der Waals surface area contributed by atoms with Gasteiger partial charge in [0, 0.05) is 13.1 Å². The normalized spacial score (nSPS) is 26.7. The molecule has 0 aromatic heterocycles. The summed E-state index contributed by atoms with van der Waals surface area (Å²) in [4.78, 5) is 28.5. The molecule has 1 amide bonds. The van der Waals surface area contributed by atoms with Gasteiger partial charge in [-0.05, 0) is 56.5 Å². The SMILES string of the molecule is O=C(CN1CCCCC1)N1CC[C@H](O)[C@](Cc2cccc(F)c2)(C(=O)O)C1. The summed E-state index contributed by atoms with van der Waals surface area (Å²) in [6, 6.07) is 5.75. The molecule has 6 nitrogen and oxygen atoms in total. The Hall–Kier alpha value is -1.99. The zero-order valence-electron chi connectivity index (χ0n) is 15.4. The van der Waals surface area contributed by atoms with E-state index in [1.165, 1.54) is 24.6 Å². The maximum atomic E-state index is 13.5. The van der Waals surface area contributed by atoms with Crippen molar-refractivity contribution >= 4 is 11.9 Å². The number of rotatable bonds is 5. The molecule has 0 spiro atoms. The first kappa shape index (κ1) is 19.8. The maximum absolute atomic E-state index is 13.5. The van der Waals surface area contributed by atoms with Crippen molar-refractivity contribution in [3.05, 3.63) is 35.6 Å².